The average Bonchev–Trinajstić information content (AvgIpc) is 2.80. The maximum absolute atomic E-state index is 13.6. The van der Waals surface area contributed by atoms with E-state index < -0.39 is 26.1 Å². The van der Waals surface area contributed by atoms with Crippen LogP contribution in [-0.2, 0) is 20.0 Å². The van der Waals surface area contributed by atoms with E-state index >= 15 is 0 Å². The van der Waals surface area contributed by atoms with Gasteiger partial charge in [-0.05, 0) is 43.7 Å². The van der Waals surface area contributed by atoms with Crippen LogP contribution in [0.2, 0.25) is 0 Å². The van der Waals surface area contributed by atoms with Gasteiger partial charge in [-0.2, -0.15) is 4.31 Å². The SMILES string of the molecule is C=C1CN(S(=O)(=O)c2ccc(C)cc2)C(c2ccccc2)CN1S(=O)(=O)c1ccc(C)cc1. The molecule has 172 valence electrons. The molecule has 1 aliphatic rings. The molecule has 1 saturated heterocycles. The molecule has 0 aliphatic carbocycles. The summed E-state index contributed by atoms with van der Waals surface area (Å²) in [6.07, 6.45) is 0. The van der Waals surface area contributed by atoms with E-state index in [1.165, 1.54) is 8.61 Å². The van der Waals surface area contributed by atoms with E-state index in [1.807, 2.05) is 44.2 Å². The van der Waals surface area contributed by atoms with Gasteiger partial charge >= 0.3 is 0 Å². The summed E-state index contributed by atoms with van der Waals surface area (Å²) >= 11 is 0. The van der Waals surface area contributed by atoms with E-state index in [0.717, 1.165) is 11.1 Å². The minimum Gasteiger partial charge on any atom is -0.267 e. The van der Waals surface area contributed by atoms with E-state index in [-0.39, 0.29) is 28.6 Å². The Morgan fingerprint density at radius 1 is 0.727 bits per heavy atom. The quantitative estimate of drug-likeness (QED) is 0.545. The molecular formula is C25H26N2O4S2. The fourth-order valence-corrected chi connectivity index (χ4v) is 6.96. The molecule has 1 unspecified atom stereocenters. The highest BCUT2D eigenvalue weighted by atomic mass is 32.2. The molecule has 0 N–H and O–H groups in total. The van der Waals surface area contributed by atoms with Crippen molar-refractivity contribution in [3.05, 3.63) is 108 Å². The summed E-state index contributed by atoms with van der Waals surface area (Å²) in [6.45, 7) is 7.51. The lowest BCUT2D eigenvalue weighted by Gasteiger charge is -2.42. The Balaban J connectivity index is 1.77. The number of hydrogen-bond acceptors (Lipinski definition) is 4. The lowest BCUT2D eigenvalue weighted by molar-refractivity contribution is 0.242. The first-order valence-electron chi connectivity index (χ1n) is 10.5. The van der Waals surface area contributed by atoms with Gasteiger partial charge in [0, 0.05) is 5.70 Å². The first kappa shape index (κ1) is 23.2. The van der Waals surface area contributed by atoms with Crippen LogP contribution in [0.15, 0.2) is 101 Å². The highest BCUT2D eigenvalue weighted by Gasteiger charge is 2.42. The molecule has 0 spiro atoms. The Morgan fingerprint density at radius 3 is 1.73 bits per heavy atom. The van der Waals surface area contributed by atoms with Crippen molar-refractivity contribution >= 4 is 20.0 Å². The van der Waals surface area contributed by atoms with E-state index in [4.69, 9.17) is 0 Å². The van der Waals surface area contributed by atoms with Gasteiger partial charge in [0.15, 0.2) is 0 Å². The minimum absolute atomic E-state index is 0.0653. The second kappa shape index (κ2) is 8.78. The van der Waals surface area contributed by atoms with Gasteiger partial charge in [-0.25, -0.2) is 16.8 Å². The van der Waals surface area contributed by atoms with Gasteiger partial charge in [-0.1, -0.05) is 72.3 Å². The lowest BCUT2D eigenvalue weighted by atomic mass is 10.1. The first-order valence-corrected chi connectivity index (χ1v) is 13.4. The van der Waals surface area contributed by atoms with Crippen molar-refractivity contribution in [2.24, 2.45) is 0 Å². The molecule has 0 bridgehead atoms. The zero-order valence-corrected chi connectivity index (χ0v) is 20.2. The van der Waals surface area contributed by atoms with Crippen LogP contribution in [0.3, 0.4) is 0 Å². The molecule has 1 aliphatic heterocycles. The summed E-state index contributed by atoms with van der Waals surface area (Å²) in [5.74, 6) is 0. The molecule has 1 heterocycles. The number of benzene rings is 3. The maximum Gasteiger partial charge on any atom is 0.264 e. The molecule has 0 amide bonds. The second-order valence-corrected chi connectivity index (χ2v) is 12.0. The molecule has 8 heteroatoms. The number of hydrogen-bond donors (Lipinski definition) is 0. The fourth-order valence-electron chi connectivity index (χ4n) is 3.90. The van der Waals surface area contributed by atoms with Gasteiger partial charge < -0.3 is 0 Å². The van der Waals surface area contributed by atoms with Crippen molar-refractivity contribution in [3.63, 3.8) is 0 Å². The largest absolute Gasteiger partial charge is 0.267 e. The second-order valence-electron chi connectivity index (χ2n) is 8.21. The van der Waals surface area contributed by atoms with E-state index in [0.29, 0.717) is 5.56 Å². The van der Waals surface area contributed by atoms with E-state index in [9.17, 15) is 16.8 Å². The van der Waals surface area contributed by atoms with Crippen LogP contribution in [-0.4, -0.2) is 38.5 Å². The first-order chi connectivity index (χ1) is 15.6. The van der Waals surface area contributed by atoms with Crippen molar-refractivity contribution in [3.8, 4) is 0 Å². The number of rotatable bonds is 5. The molecule has 1 fully saturated rings. The van der Waals surface area contributed by atoms with Crippen LogP contribution in [0.1, 0.15) is 22.7 Å². The molecular weight excluding hydrogens is 456 g/mol. The Morgan fingerprint density at radius 2 is 1.21 bits per heavy atom. The number of aryl methyl sites for hydroxylation is 2. The average molecular weight is 483 g/mol. The summed E-state index contributed by atoms with van der Waals surface area (Å²) < 4.78 is 56.7. The normalized spacial score (nSPS) is 17.8. The molecule has 1 atom stereocenters. The van der Waals surface area contributed by atoms with Crippen LogP contribution in [0.5, 0.6) is 0 Å². The molecule has 33 heavy (non-hydrogen) atoms. The summed E-state index contributed by atoms with van der Waals surface area (Å²) in [5, 5.41) is 0. The summed E-state index contributed by atoms with van der Waals surface area (Å²) in [4.78, 5) is 0.313. The van der Waals surface area contributed by atoms with Crippen LogP contribution < -0.4 is 0 Å². The van der Waals surface area contributed by atoms with Gasteiger partial charge in [-0.15, -0.1) is 0 Å². The minimum atomic E-state index is -3.90. The van der Waals surface area contributed by atoms with Crippen LogP contribution in [0, 0.1) is 13.8 Å². The highest BCUT2D eigenvalue weighted by molar-refractivity contribution is 7.89. The number of sulfonamides is 2. The molecule has 6 nitrogen and oxygen atoms in total. The molecule has 0 aromatic heterocycles. The van der Waals surface area contributed by atoms with Gasteiger partial charge in [0.2, 0.25) is 10.0 Å². The van der Waals surface area contributed by atoms with Crippen molar-refractivity contribution in [1.82, 2.24) is 8.61 Å². The van der Waals surface area contributed by atoms with Crippen molar-refractivity contribution in [2.45, 2.75) is 29.7 Å². The predicted octanol–water partition coefficient (Wildman–Crippen LogP) is 4.25. The lowest BCUT2D eigenvalue weighted by Crippen LogP contribution is -2.50. The Hall–Kier alpha value is -2.94. The zero-order valence-electron chi connectivity index (χ0n) is 18.5. The van der Waals surface area contributed by atoms with Crippen LogP contribution in [0.4, 0.5) is 0 Å². The predicted molar refractivity (Wildman–Crippen MR) is 128 cm³/mol. The third-order valence-corrected chi connectivity index (χ3v) is 9.52. The van der Waals surface area contributed by atoms with Crippen molar-refractivity contribution in [2.75, 3.05) is 13.1 Å². The summed E-state index contributed by atoms with van der Waals surface area (Å²) in [7, 11) is -7.79. The zero-order chi connectivity index (χ0) is 23.8. The number of nitrogens with zero attached hydrogens (tertiary/aromatic N) is 2. The Kier molecular flexibility index (Phi) is 6.18. The van der Waals surface area contributed by atoms with Gasteiger partial charge in [-0.3, -0.25) is 4.31 Å². The maximum atomic E-state index is 13.6. The number of piperazine rings is 1. The van der Waals surface area contributed by atoms with E-state index in [1.54, 1.807) is 48.5 Å². The van der Waals surface area contributed by atoms with Gasteiger partial charge in [0.05, 0.1) is 28.9 Å². The van der Waals surface area contributed by atoms with Gasteiger partial charge in [0.25, 0.3) is 10.0 Å². The smallest absolute Gasteiger partial charge is 0.264 e. The molecule has 3 aromatic carbocycles. The van der Waals surface area contributed by atoms with Crippen molar-refractivity contribution < 1.29 is 16.8 Å². The standard InChI is InChI=1S/C25H26N2O4S2/c1-19-9-13-23(14-10-19)32(28,29)26-18-25(22-7-5-4-6-8-22)27(17-21(26)3)33(30,31)24-15-11-20(2)12-16-24/h4-16,25H,3,17-18H2,1-2H3. The van der Waals surface area contributed by atoms with Gasteiger partial charge in [0.1, 0.15) is 0 Å². The fraction of sp³-hybridized carbons (Fsp3) is 0.200. The van der Waals surface area contributed by atoms with Crippen LogP contribution >= 0.6 is 0 Å². The Labute approximate surface area is 195 Å². The van der Waals surface area contributed by atoms with E-state index in [2.05, 4.69) is 6.58 Å². The third-order valence-electron chi connectivity index (χ3n) is 5.80. The highest BCUT2D eigenvalue weighted by Crippen LogP contribution is 2.36. The summed E-state index contributed by atoms with van der Waals surface area (Å²) in [6, 6.07) is 21.6. The van der Waals surface area contributed by atoms with Crippen molar-refractivity contribution in [1.29, 1.82) is 0 Å². The Bertz CT molecular complexity index is 1370. The topological polar surface area (TPSA) is 74.8 Å². The molecule has 0 radical (unpaired) electrons. The monoisotopic (exact) mass is 482 g/mol. The van der Waals surface area contributed by atoms with Crippen LogP contribution in [0.25, 0.3) is 0 Å². The summed E-state index contributed by atoms with van der Waals surface area (Å²) in [5.41, 5.74) is 2.82. The molecule has 3 aromatic rings. The molecule has 0 saturated carbocycles. The third kappa shape index (κ3) is 4.46. The molecule has 4 rings (SSSR count).